The molecular formula is C10H10ClFO. The van der Waals surface area contributed by atoms with E-state index in [-0.39, 0.29) is 5.92 Å². The van der Waals surface area contributed by atoms with E-state index in [1.807, 2.05) is 6.07 Å². The van der Waals surface area contributed by atoms with Crippen LogP contribution in [-0.2, 0) is 0 Å². The fourth-order valence-corrected chi connectivity index (χ4v) is 1.79. The highest BCUT2D eigenvalue weighted by molar-refractivity contribution is 6.30. The van der Waals surface area contributed by atoms with Gasteiger partial charge in [0.15, 0.2) is 0 Å². The summed E-state index contributed by atoms with van der Waals surface area (Å²) in [5.74, 6) is -0.170. The molecule has 0 saturated heterocycles. The number of hydrogen-bond donors (Lipinski definition) is 1. The van der Waals surface area contributed by atoms with E-state index in [1.54, 1.807) is 18.2 Å². The lowest BCUT2D eigenvalue weighted by atomic mass is 10.1. The zero-order chi connectivity index (χ0) is 9.47. The fourth-order valence-electron chi connectivity index (χ4n) is 1.60. The summed E-state index contributed by atoms with van der Waals surface area (Å²) in [6.45, 7) is -0.399. The first-order chi connectivity index (χ1) is 6.15. The molecule has 0 heterocycles. The quantitative estimate of drug-likeness (QED) is 0.778. The predicted molar refractivity (Wildman–Crippen MR) is 49.7 cm³/mol. The molecule has 3 heteroatoms. The van der Waals surface area contributed by atoms with Crippen LogP contribution in [-0.4, -0.2) is 17.4 Å². The summed E-state index contributed by atoms with van der Waals surface area (Å²) in [6.07, 6.45) is 0.407. The third kappa shape index (κ3) is 1.56. The van der Waals surface area contributed by atoms with E-state index in [0.29, 0.717) is 11.4 Å². The first kappa shape index (κ1) is 8.97. The van der Waals surface area contributed by atoms with Crippen molar-refractivity contribution in [3.05, 3.63) is 34.9 Å². The van der Waals surface area contributed by atoms with Crippen LogP contribution in [0.3, 0.4) is 0 Å². The smallest absolute Gasteiger partial charge is 0.141 e. The third-order valence-corrected chi connectivity index (χ3v) is 2.76. The highest BCUT2D eigenvalue weighted by Crippen LogP contribution is 2.54. The van der Waals surface area contributed by atoms with Crippen molar-refractivity contribution in [3.63, 3.8) is 0 Å². The molecule has 2 atom stereocenters. The summed E-state index contributed by atoms with van der Waals surface area (Å²) in [6, 6.07) is 7.15. The van der Waals surface area contributed by atoms with Crippen LogP contribution in [0.15, 0.2) is 24.3 Å². The van der Waals surface area contributed by atoms with Crippen molar-refractivity contribution in [2.75, 3.05) is 6.61 Å². The molecule has 0 spiro atoms. The van der Waals surface area contributed by atoms with E-state index < -0.39 is 12.3 Å². The number of aliphatic hydroxyl groups is 1. The molecule has 0 aromatic heterocycles. The van der Waals surface area contributed by atoms with Gasteiger partial charge >= 0.3 is 0 Å². The highest BCUT2D eigenvalue weighted by atomic mass is 35.5. The maximum Gasteiger partial charge on any atom is 0.141 e. The van der Waals surface area contributed by atoms with Gasteiger partial charge in [-0.1, -0.05) is 23.7 Å². The zero-order valence-electron chi connectivity index (χ0n) is 7.00. The van der Waals surface area contributed by atoms with E-state index in [4.69, 9.17) is 16.7 Å². The van der Waals surface area contributed by atoms with Crippen LogP contribution in [0.25, 0.3) is 0 Å². The van der Waals surface area contributed by atoms with Gasteiger partial charge in [-0.3, -0.25) is 0 Å². The molecule has 70 valence electrons. The molecule has 13 heavy (non-hydrogen) atoms. The second kappa shape index (κ2) is 2.96. The lowest BCUT2D eigenvalue weighted by Gasteiger charge is -2.03. The topological polar surface area (TPSA) is 20.2 Å². The number of benzene rings is 1. The van der Waals surface area contributed by atoms with Crippen LogP contribution in [0.5, 0.6) is 0 Å². The van der Waals surface area contributed by atoms with Crippen molar-refractivity contribution in [1.82, 2.24) is 0 Å². The van der Waals surface area contributed by atoms with Gasteiger partial charge in [-0.2, -0.15) is 0 Å². The van der Waals surface area contributed by atoms with Crippen LogP contribution in [0, 0.1) is 0 Å². The van der Waals surface area contributed by atoms with Crippen LogP contribution < -0.4 is 0 Å². The molecule has 1 aliphatic carbocycles. The van der Waals surface area contributed by atoms with Crippen molar-refractivity contribution < 1.29 is 9.50 Å². The van der Waals surface area contributed by atoms with Gasteiger partial charge in [-0.25, -0.2) is 4.39 Å². The number of halogens is 2. The molecule has 1 fully saturated rings. The normalized spacial score (nSPS) is 31.8. The zero-order valence-corrected chi connectivity index (χ0v) is 7.76. The van der Waals surface area contributed by atoms with Crippen LogP contribution in [0.2, 0.25) is 5.02 Å². The molecule has 1 N–H and O–H groups in total. The Morgan fingerprint density at radius 2 is 2.38 bits per heavy atom. The minimum Gasteiger partial charge on any atom is -0.393 e. The van der Waals surface area contributed by atoms with Crippen molar-refractivity contribution in [2.24, 2.45) is 0 Å². The maximum absolute atomic E-state index is 13.4. The third-order valence-electron chi connectivity index (χ3n) is 2.52. The van der Waals surface area contributed by atoms with Gasteiger partial charge in [0.2, 0.25) is 0 Å². The molecule has 1 saturated carbocycles. The van der Waals surface area contributed by atoms with Crippen molar-refractivity contribution >= 4 is 11.6 Å². The van der Waals surface area contributed by atoms with Crippen molar-refractivity contribution in [1.29, 1.82) is 0 Å². The monoisotopic (exact) mass is 200 g/mol. The molecule has 1 aromatic rings. The lowest BCUT2D eigenvalue weighted by Crippen LogP contribution is -2.09. The van der Waals surface area contributed by atoms with Crippen LogP contribution in [0.1, 0.15) is 17.9 Å². The first-order valence-corrected chi connectivity index (χ1v) is 4.59. The number of rotatable bonds is 2. The van der Waals surface area contributed by atoms with E-state index in [2.05, 4.69) is 0 Å². The lowest BCUT2D eigenvalue weighted by molar-refractivity contribution is 0.155. The molecule has 2 rings (SSSR count). The molecule has 0 radical (unpaired) electrons. The molecule has 1 nitrogen and oxygen atoms in total. The summed E-state index contributed by atoms with van der Waals surface area (Å²) in [7, 11) is 0. The number of aliphatic hydroxyl groups excluding tert-OH is 1. The minimum atomic E-state index is -1.40. The molecule has 0 unspecified atom stereocenters. The summed E-state index contributed by atoms with van der Waals surface area (Å²) in [4.78, 5) is 0. The van der Waals surface area contributed by atoms with E-state index in [0.717, 1.165) is 5.56 Å². The van der Waals surface area contributed by atoms with Gasteiger partial charge in [-0.05, 0) is 24.1 Å². The Balaban J connectivity index is 2.20. The second-order valence-corrected chi connectivity index (χ2v) is 3.94. The Labute approximate surface area is 81.1 Å². The van der Waals surface area contributed by atoms with Crippen molar-refractivity contribution in [3.8, 4) is 0 Å². The summed E-state index contributed by atoms with van der Waals surface area (Å²) < 4.78 is 13.4. The van der Waals surface area contributed by atoms with E-state index in [1.165, 1.54) is 0 Å². The van der Waals surface area contributed by atoms with Gasteiger partial charge in [0.05, 0.1) is 6.61 Å². The Morgan fingerprint density at radius 1 is 1.62 bits per heavy atom. The molecule has 0 bridgehead atoms. The number of alkyl halides is 1. The van der Waals surface area contributed by atoms with Crippen LogP contribution >= 0.6 is 11.6 Å². The van der Waals surface area contributed by atoms with Gasteiger partial charge in [0.1, 0.15) is 5.67 Å². The Hall–Kier alpha value is -0.600. The van der Waals surface area contributed by atoms with Crippen LogP contribution in [0.4, 0.5) is 4.39 Å². The predicted octanol–water partition coefficient (Wildman–Crippen LogP) is 2.53. The Morgan fingerprint density at radius 3 is 2.92 bits per heavy atom. The molecule has 0 amide bonds. The van der Waals surface area contributed by atoms with Gasteiger partial charge in [0, 0.05) is 10.9 Å². The number of hydrogen-bond acceptors (Lipinski definition) is 1. The van der Waals surface area contributed by atoms with E-state index >= 15 is 0 Å². The fraction of sp³-hybridized carbons (Fsp3) is 0.400. The van der Waals surface area contributed by atoms with Gasteiger partial charge < -0.3 is 5.11 Å². The Bertz CT molecular complexity index is 328. The summed E-state index contributed by atoms with van der Waals surface area (Å²) in [5.41, 5.74) is -0.519. The SMILES string of the molecule is OC[C@]1(F)C[C@H]1c1cccc(Cl)c1. The summed E-state index contributed by atoms with van der Waals surface area (Å²) in [5, 5.41) is 9.37. The molecule has 0 aliphatic heterocycles. The van der Waals surface area contributed by atoms with E-state index in [9.17, 15) is 4.39 Å². The molecular weight excluding hydrogens is 191 g/mol. The minimum absolute atomic E-state index is 0.170. The molecule has 1 aromatic carbocycles. The highest BCUT2D eigenvalue weighted by Gasteiger charge is 2.55. The summed E-state index contributed by atoms with van der Waals surface area (Å²) >= 11 is 5.77. The van der Waals surface area contributed by atoms with Gasteiger partial charge in [0.25, 0.3) is 0 Å². The standard InChI is InChI=1S/C10H10ClFO/c11-8-3-1-2-7(4-8)9-5-10(9,12)6-13/h1-4,9,13H,5-6H2/t9-,10+/m0/s1. The average molecular weight is 201 g/mol. The maximum atomic E-state index is 13.4. The van der Waals surface area contributed by atoms with Gasteiger partial charge in [-0.15, -0.1) is 0 Å². The molecule has 1 aliphatic rings. The average Bonchev–Trinajstić information content (AvgIpc) is 2.79. The Kier molecular flexibility index (Phi) is 2.05. The largest absolute Gasteiger partial charge is 0.393 e. The van der Waals surface area contributed by atoms with Crippen molar-refractivity contribution in [2.45, 2.75) is 18.0 Å². The first-order valence-electron chi connectivity index (χ1n) is 4.21. The second-order valence-electron chi connectivity index (χ2n) is 3.50.